The lowest BCUT2D eigenvalue weighted by atomic mass is 10.3. The SMILES string of the molecule is Fc1ccc(Br)c(Oc2ncnc(Cl)c2CCl)c1. The summed E-state index contributed by atoms with van der Waals surface area (Å²) in [5.74, 6) is 0.176. The first-order valence-corrected chi connectivity index (χ1v) is 6.50. The van der Waals surface area contributed by atoms with Crippen molar-refractivity contribution < 1.29 is 9.13 Å². The molecular formula is C11H6BrCl2FN2O. The number of ether oxygens (including phenoxy) is 1. The van der Waals surface area contributed by atoms with Gasteiger partial charge in [0.1, 0.15) is 23.0 Å². The Morgan fingerprint density at radius 2 is 2.11 bits per heavy atom. The number of halogens is 4. The second kappa shape index (κ2) is 5.82. The van der Waals surface area contributed by atoms with E-state index in [1.807, 2.05) is 0 Å². The molecule has 18 heavy (non-hydrogen) atoms. The van der Waals surface area contributed by atoms with Gasteiger partial charge in [0.25, 0.3) is 0 Å². The molecule has 0 spiro atoms. The Morgan fingerprint density at radius 3 is 2.83 bits per heavy atom. The minimum atomic E-state index is -0.416. The van der Waals surface area contributed by atoms with Crippen molar-refractivity contribution in [1.82, 2.24) is 9.97 Å². The first kappa shape index (κ1) is 13.5. The molecule has 0 amide bonds. The lowest BCUT2D eigenvalue weighted by Crippen LogP contribution is -1.96. The van der Waals surface area contributed by atoms with Crippen molar-refractivity contribution in [1.29, 1.82) is 0 Å². The lowest BCUT2D eigenvalue weighted by molar-refractivity contribution is 0.449. The highest BCUT2D eigenvalue weighted by atomic mass is 79.9. The van der Waals surface area contributed by atoms with Crippen molar-refractivity contribution in [2.24, 2.45) is 0 Å². The van der Waals surface area contributed by atoms with E-state index in [9.17, 15) is 4.39 Å². The highest BCUT2D eigenvalue weighted by molar-refractivity contribution is 9.10. The minimum Gasteiger partial charge on any atom is -0.437 e. The normalized spacial score (nSPS) is 10.4. The van der Waals surface area contributed by atoms with Crippen LogP contribution in [0.15, 0.2) is 29.0 Å². The van der Waals surface area contributed by atoms with Crippen LogP contribution >= 0.6 is 39.1 Å². The summed E-state index contributed by atoms with van der Waals surface area (Å²) in [5.41, 5.74) is 0.456. The second-order valence-electron chi connectivity index (χ2n) is 3.26. The first-order valence-electron chi connectivity index (χ1n) is 4.80. The summed E-state index contributed by atoms with van der Waals surface area (Å²) in [7, 11) is 0. The van der Waals surface area contributed by atoms with Gasteiger partial charge in [0.15, 0.2) is 0 Å². The number of hydrogen-bond donors (Lipinski definition) is 0. The molecule has 0 aliphatic heterocycles. The Morgan fingerprint density at radius 1 is 1.33 bits per heavy atom. The molecule has 0 N–H and O–H groups in total. The Balaban J connectivity index is 2.40. The van der Waals surface area contributed by atoms with E-state index in [-0.39, 0.29) is 22.7 Å². The summed E-state index contributed by atoms with van der Waals surface area (Å²) in [6.07, 6.45) is 1.25. The van der Waals surface area contributed by atoms with Gasteiger partial charge in [0.05, 0.1) is 15.9 Å². The van der Waals surface area contributed by atoms with Gasteiger partial charge in [0.2, 0.25) is 5.88 Å². The van der Waals surface area contributed by atoms with Gasteiger partial charge in [-0.2, -0.15) is 0 Å². The third-order valence-electron chi connectivity index (χ3n) is 2.09. The summed E-state index contributed by atoms with van der Waals surface area (Å²) < 4.78 is 19.2. The van der Waals surface area contributed by atoms with E-state index in [1.165, 1.54) is 24.5 Å². The van der Waals surface area contributed by atoms with Gasteiger partial charge >= 0.3 is 0 Å². The fraction of sp³-hybridized carbons (Fsp3) is 0.0909. The Bertz CT molecular complexity index is 583. The van der Waals surface area contributed by atoms with Crippen LogP contribution in [-0.2, 0) is 5.88 Å². The van der Waals surface area contributed by atoms with Crippen LogP contribution in [0, 0.1) is 5.82 Å². The van der Waals surface area contributed by atoms with Crippen LogP contribution in [0.5, 0.6) is 11.6 Å². The molecule has 2 rings (SSSR count). The predicted molar refractivity (Wildman–Crippen MR) is 70.8 cm³/mol. The molecule has 0 aliphatic rings. The average molecular weight is 352 g/mol. The lowest BCUT2D eigenvalue weighted by Gasteiger charge is -2.10. The predicted octanol–water partition coefficient (Wildman–Crippen LogP) is 4.56. The maximum Gasteiger partial charge on any atom is 0.228 e. The van der Waals surface area contributed by atoms with E-state index in [2.05, 4.69) is 25.9 Å². The molecule has 0 saturated heterocycles. The van der Waals surface area contributed by atoms with Gasteiger partial charge < -0.3 is 4.74 Å². The third-order valence-corrected chi connectivity index (χ3v) is 3.33. The molecule has 1 heterocycles. The van der Waals surface area contributed by atoms with Crippen molar-refractivity contribution in [3.8, 4) is 11.6 Å². The molecule has 0 bridgehead atoms. The summed E-state index contributed by atoms with van der Waals surface area (Å²) in [5, 5.41) is 0.211. The standard InChI is InChI=1S/C11H6BrCl2FN2O/c12-8-2-1-6(15)3-9(8)18-11-7(4-13)10(14)16-5-17-11/h1-3,5H,4H2. The first-order chi connectivity index (χ1) is 8.61. The van der Waals surface area contributed by atoms with Crippen LogP contribution in [0.25, 0.3) is 0 Å². The number of rotatable bonds is 3. The zero-order chi connectivity index (χ0) is 13.1. The van der Waals surface area contributed by atoms with E-state index in [0.717, 1.165) is 0 Å². The van der Waals surface area contributed by atoms with Crippen LogP contribution in [0.2, 0.25) is 5.15 Å². The largest absolute Gasteiger partial charge is 0.437 e. The summed E-state index contributed by atoms with van der Waals surface area (Å²) in [6.45, 7) is 0. The van der Waals surface area contributed by atoms with Gasteiger partial charge in [0, 0.05) is 6.07 Å². The van der Waals surface area contributed by atoms with E-state index in [0.29, 0.717) is 10.0 Å². The molecule has 0 unspecified atom stereocenters. The van der Waals surface area contributed by atoms with Crippen LogP contribution in [0.4, 0.5) is 4.39 Å². The number of benzene rings is 1. The Hall–Kier alpha value is -0.910. The maximum absolute atomic E-state index is 13.1. The van der Waals surface area contributed by atoms with E-state index in [1.54, 1.807) is 0 Å². The van der Waals surface area contributed by atoms with Crippen LogP contribution in [0.3, 0.4) is 0 Å². The average Bonchev–Trinajstić information content (AvgIpc) is 2.34. The zero-order valence-corrected chi connectivity index (χ0v) is 11.9. The van der Waals surface area contributed by atoms with Crippen molar-refractivity contribution >= 4 is 39.1 Å². The molecule has 0 atom stereocenters. The molecule has 1 aromatic carbocycles. The van der Waals surface area contributed by atoms with Crippen LogP contribution < -0.4 is 4.74 Å². The fourth-order valence-corrected chi connectivity index (χ4v) is 2.06. The Labute approximate surface area is 121 Å². The molecule has 0 aliphatic carbocycles. The van der Waals surface area contributed by atoms with Crippen molar-refractivity contribution in [3.05, 3.63) is 45.5 Å². The number of aromatic nitrogens is 2. The highest BCUT2D eigenvalue weighted by Crippen LogP contribution is 2.32. The molecule has 3 nitrogen and oxygen atoms in total. The fourth-order valence-electron chi connectivity index (χ4n) is 1.24. The molecular weight excluding hydrogens is 346 g/mol. The van der Waals surface area contributed by atoms with E-state index < -0.39 is 5.82 Å². The summed E-state index contributed by atoms with van der Waals surface area (Å²) in [6, 6.07) is 4.08. The van der Waals surface area contributed by atoms with Crippen molar-refractivity contribution in [2.45, 2.75) is 5.88 Å². The van der Waals surface area contributed by atoms with Crippen molar-refractivity contribution in [2.75, 3.05) is 0 Å². The van der Waals surface area contributed by atoms with Gasteiger partial charge in [-0.05, 0) is 28.1 Å². The van der Waals surface area contributed by atoms with Gasteiger partial charge in [-0.15, -0.1) is 11.6 Å². The monoisotopic (exact) mass is 350 g/mol. The number of nitrogens with zero attached hydrogens (tertiary/aromatic N) is 2. The quantitative estimate of drug-likeness (QED) is 0.600. The molecule has 0 saturated carbocycles. The Kier molecular flexibility index (Phi) is 4.37. The molecule has 7 heteroatoms. The molecule has 0 fully saturated rings. The molecule has 94 valence electrons. The third kappa shape index (κ3) is 2.91. The number of alkyl halides is 1. The zero-order valence-electron chi connectivity index (χ0n) is 8.83. The van der Waals surface area contributed by atoms with Gasteiger partial charge in [-0.3, -0.25) is 0 Å². The minimum absolute atomic E-state index is 0.0991. The van der Waals surface area contributed by atoms with Gasteiger partial charge in [-0.25, -0.2) is 14.4 Å². The molecule has 1 aromatic heterocycles. The second-order valence-corrected chi connectivity index (χ2v) is 4.74. The smallest absolute Gasteiger partial charge is 0.228 e. The van der Waals surface area contributed by atoms with E-state index in [4.69, 9.17) is 27.9 Å². The topological polar surface area (TPSA) is 35.0 Å². The highest BCUT2D eigenvalue weighted by Gasteiger charge is 2.13. The van der Waals surface area contributed by atoms with Crippen LogP contribution in [0.1, 0.15) is 5.56 Å². The summed E-state index contributed by atoms with van der Waals surface area (Å²) in [4.78, 5) is 7.73. The van der Waals surface area contributed by atoms with Gasteiger partial charge in [-0.1, -0.05) is 11.6 Å². The van der Waals surface area contributed by atoms with E-state index >= 15 is 0 Å². The molecule has 0 radical (unpaired) electrons. The van der Waals surface area contributed by atoms with Crippen molar-refractivity contribution in [3.63, 3.8) is 0 Å². The maximum atomic E-state index is 13.1. The van der Waals surface area contributed by atoms with Crippen LogP contribution in [-0.4, -0.2) is 9.97 Å². The number of hydrogen-bond acceptors (Lipinski definition) is 3. The summed E-state index contributed by atoms with van der Waals surface area (Å²) >= 11 is 14.9. The molecule has 2 aromatic rings.